The third kappa shape index (κ3) is 3.65. The van der Waals surface area contributed by atoms with Crippen molar-refractivity contribution in [3.8, 4) is 0 Å². The van der Waals surface area contributed by atoms with Crippen LogP contribution in [0.25, 0.3) is 0 Å². The second kappa shape index (κ2) is 6.96. The maximum absolute atomic E-state index is 13.7. The fourth-order valence-electron chi connectivity index (χ4n) is 1.71. The third-order valence-corrected chi connectivity index (χ3v) is 4.64. The molecule has 0 bridgehead atoms. The summed E-state index contributed by atoms with van der Waals surface area (Å²) in [6.07, 6.45) is 1.27. The standard InChI is InChI=1S/C12H18F2N2O3S/c1-2-3-4-16(5-6-17)20(18,19)11-8-9(15)7-10(13)12(11)14/h7-8,17H,2-6,15H2,1H3. The number of hydrogen-bond acceptors (Lipinski definition) is 4. The van der Waals surface area contributed by atoms with Crippen molar-refractivity contribution >= 4 is 15.7 Å². The van der Waals surface area contributed by atoms with Crippen molar-refractivity contribution in [1.29, 1.82) is 0 Å². The van der Waals surface area contributed by atoms with Gasteiger partial charge in [-0.25, -0.2) is 17.2 Å². The number of nitrogens with zero attached hydrogens (tertiary/aromatic N) is 1. The summed E-state index contributed by atoms with van der Waals surface area (Å²) in [4.78, 5) is -0.806. The number of nitrogens with two attached hydrogens (primary N) is 1. The Hall–Kier alpha value is -1.25. The van der Waals surface area contributed by atoms with E-state index in [0.29, 0.717) is 6.42 Å². The molecule has 0 saturated heterocycles. The minimum atomic E-state index is -4.23. The minimum absolute atomic E-state index is 0.120. The molecule has 0 atom stereocenters. The van der Waals surface area contributed by atoms with Gasteiger partial charge in [-0.3, -0.25) is 0 Å². The van der Waals surface area contributed by atoms with E-state index in [2.05, 4.69) is 0 Å². The van der Waals surface area contributed by atoms with Crippen LogP contribution in [0.15, 0.2) is 17.0 Å². The molecule has 0 heterocycles. The fraction of sp³-hybridized carbons (Fsp3) is 0.500. The number of sulfonamides is 1. The van der Waals surface area contributed by atoms with Gasteiger partial charge < -0.3 is 10.8 Å². The van der Waals surface area contributed by atoms with Gasteiger partial charge in [0.05, 0.1) is 6.61 Å². The van der Waals surface area contributed by atoms with Gasteiger partial charge in [-0.1, -0.05) is 13.3 Å². The topological polar surface area (TPSA) is 83.6 Å². The van der Waals surface area contributed by atoms with E-state index in [4.69, 9.17) is 10.8 Å². The number of unbranched alkanes of at least 4 members (excludes halogenated alkanes) is 1. The van der Waals surface area contributed by atoms with Crippen molar-refractivity contribution in [2.24, 2.45) is 0 Å². The van der Waals surface area contributed by atoms with Gasteiger partial charge in [-0.2, -0.15) is 4.31 Å². The molecule has 114 valence electrons. The van der Waals surface area contributed by atoms with E-state index >= 15 is 0 Å². The molecule has 0 fully saturated rings. The summed E-state index contributed by atoms with van der Waals surface area (Å²) in [5, 5.41) is 8.93. The van der Waals surface area contributed by atoms with Crippen LogP contribution in [0.3, 0.4) is 0 Å². The molecule has 0 saturated carbocycles. The van der Waals surface area contributed by atoms with Crippen LogP contribution < -0.4 is 5.73 Å². The first-order valence-electron chi connectivity index (χ1n) is 6.20. The highest BCUT2D eigenvalue weighted by Gasteiger charge is 2.28. The molecule has 1 rings (SSSR count). The molecule has 0 aromatic heterocycles. The Kier molecular flexibility index (Phi) is 5.85. The van der Waals surface area contributed by atoms with Gasteiger partial charge in [-0.05, 0) is 18.6 Å². The average Bonchev–Trinajstić information content (AvgIpc) is 2.38. The van der Waals surface area contributed by atoms with E-state index in [0.717, 1.165) is 22.9 Å². The Bertz CT molecular complexity index is 564. The molecule has 0 aliphatic carbocycles. The van der Waals surface area contributed by atoms with Crippen LogP contribution in [0, 0.1) is 11.6 Å². The maximum Gasteiger partial charge on any atom is 0.246 e. The Morgan fingerprint density at radius 3 is 2.50 bits per heavy atom. The van der Waals surface area contributed by atoms with Crippen LogP contribution in [0.5, 0.6) is 0 Å². The Morgan fingerprint density at radius 2 is 1.95 bits per heavy atom. The lowest BCUT2D eigenvalue weighted by molar-refractivity contribution is 0.252. The summed E-state index contributed by atoms with van der Waals surface area (Å²) < 4.78 is 52.5. The van der Waals surface area contributed by atoms with Crippen molar-refractivity contribution in [2.75, 3.05) is 25.4 Å². The molecule has 0 amide bonds. The van der Waals surface area contributed by atoms with E-state index in [9.17, 15) is 17.2 Å². The molecule has 3 N–H and O–H groups in total. The van der Waals surface area contributed by atoms with Gasteiger partial charge >= 0.3 is 0 Å². The summed E-state index contributed by atoms with van der Waals surface area (Å²) >= 11 is 0. The van der Waals surface area contributed by atoms with Crippen molar-refractivity contribution in [2.45, 2.75) is 24.7 Å². The van der Waals surface area contributed by atoms with Crippen molar-refractivity contribution in [1.82, 2.24) is 4.31 Å². The van der Waals surface area contributed by atoms with Crippen molar-refractivity contribution in [3.63, 3.8) is 0 Å². The van der Waals surface area contributed by atoms with Crippen LogP contribution in [-0.2, 0) is 10.0 Å². The Balaban J connectivity index is 3.25. The molecule has 0 aliphatic heterocycles. The second-order valence-electron chi connectivity index (χ2n) is 4.30. The third-order valence-electron chi connectivity index (χ3n) is 2.75. The van der Waals surface area contributed by atoms with Gasteiger partial charge in [0.1, 0.15) is 4.90 Å². The zero-order valence-electron chi connectivity index (χ0n) is 11.1. The van der Waals surface area contributed by atoms with Gasteiger partial charge in [0.25, 0.3) is 0 Å². The average molecular weight is 308 g/mol. The summed E-state index contributed by atoms with van der Waals surface area (Å²) in [5.41, 5.74) is 5.18. The number of hydrogen-bond donors (Lipinski definition) is 2. The predicted octanol–water partition coefficient (Wildman–Crippen LogP) is 1.33. The van der Waals surface area contributed by atoms with Gasteiger partial charge in [-0.15, -0.1) is 0 Å². The molecule has 0 radical (unpaired) electrons. The number of anilines is 1. The maximum atomic E-state index is 13.7. The van der Waals surface area contributed by atoms with Crippen LogP contribution in [0.2, 0.25) is 0 Å². The lowest BCUT2D eigenvalue weighted by atomic mass is 10.3. The zero-order chi connectivity index (χ0) is 15.3. The monoisotopic (exact) mass is 308 g/mol. The van der Waals surface area contributed by atoms with Gasteiger partial charge in [0.2, 0.25) is 10.0 Å². The highest BCUT2D eigenvalue weighted by atomic mass is 32.2. The van der Waals surface area contributed by atoms with Crippen LogP contribution in [-0.4, -0.2) is 37.5 Å². The van der Waals surface area contributed by atoms with E-state index in [-0.39, 0.29) is 18.8 Å². The minimum Gasteiger partial charge on any atom is -0.399 e. The zero-order valence-corrected chi connectivity index (χ0v) is 12.0. The highest BCUT2D eigenvalue weighted by Crippen LogP contribution is 2.24. The second-order valence-corrected chi connectivity index (χ2v) is 6.20. The van der Waals surface area contributed by atoms with Crippen LogP contribution >= 0.6 is 0 Å². The SMILES string of the molecule is CCCCN(CCO)S(=O)(=O)c1cc(N)cc(F)c1F. The molecule has 8 heteroatoms. The molecule has 1 aromatic rings. The Morgan fingerprint density at radius 1 is 1.30 bits per heavy atom. The van der Waals surface area contributed by atoms with E-state index in [1.54, 1.807) is 0 Å². The molecule has 20 heavy (non-hydrogen) atoms. The van der Waals surface area contributed by atoms with Crippen LogP contribution in [0.4, 0.5) is 14.5 Å². The Labute approximate surface area is 117 Å². The lowest BCUT2D eigenvalue weighted by Crippen LogP contribution is -2.35. The first-order chi connectivity index (χ1) is 9.34. The molecular weight excluding hydrogens is 290 g/mol. The summed E-state index contributed by atoms with van der Waals surface area (Å²) in [5.74, 6) is -2.78. The van der Waals surface area contributed by atoms with Gasteiger partial charge in [0.15, 0.2) is 11.6 Å². The molecule has 5 nitrogen and oxygen atoms in total. The number of aliphatic hydroxyl groups is 1. The number of benzene rings is 1. The predicted molar refractivity (Wildman–Crippen MR) is 71.5 cm³/mol. The molecule has 0 unspecified atom stereocenters. The largest absolute Gasteiger partial charge is 0.399 e. The molecular formula is C12H18F2N2O3S. The van der Waals surface area contributed by atoms with Crippen molar-refractivity contribution in [3.05, 3.63) is 23.8 Å². The van der Waals surface area contributed by atoms with Gasteiger partial charge in [0, 0.05) is 18.8 Å². The summed E-state index contributed by atoms with van der Waals surface area (Å²) in [7, 11) is -4.23. The first-order valence-corrected chi connectivity index (χ1v) is 7.64. The lowest BCUT2D eigenvalue weighted by Gasteiger charge is -2.21. The first kappa shape index (κ1) is 16.8. The molecule has 0 aliphatic rings. The van der Waals surface area contributed by atoms with Crippen LogP contribution in [0.1, 0.15) is 19.8 Å². The number of rotatable bonds is 7. The summed E-state index contributed by atoms with van der Waals surface area (Å²) in [6, 6.07) is 1.60. The normalized spacial score (nSPS) is 12.1. The molecule has 1 aromatic carbocycles. The highest BCUT2D eigenvalue weighted by molar-refractivity contribution is 7.89. The van der Waals surface area contributed by atoms with E-state index < -0.39 is 33.2 Å². The fourth-order valence-corrected chi connectivity index (χ4v) is 3.29. The number of nitrogen functional groups attached to an aromatic ring is 1. The number of aliphatic hydroxyl groups excluding tert-OH is 1. The smallest absolute Gasteiger partial charge is 0.246 e. The van der Waals surface area contributed by atoms with E-state index in [1.807, 2.05) is 6.92 Å². The van der Waals surface area contributed by atoms with E-state index in [1.165, 1.54) is 0 Å². The molecule has 0 spiro atoms. The quantitative estimate of drug-likeness (QED) is 0.744. The van der Waals surface area contributed by atoms with Crippen molar-refractivity contribution < 1.29 is 22.3 Å². The summed E-state index contributed by atoms with van der Waals surface area (Å²) in [6.45, 7) is 1.40. The number of halogens is 2.